The fourth-order valence-corrected chi connectivity index (χ4v) is 1.82. The molecule has 0 fully saturated rings. The third kappa shape index (κ3) is 2.21. The molecule has 0 aliphatic rings. The summed E-state index contributed by atoms with van der Waals surface area (Å²) in [4.78, 5) is 2.11. The zero-order valence-corrected chi connectivity index (χ0v) is 10.7. The van der Waals surface area contributed by atoms with E-state index in [0.29, 0.717) is 0 Å². The van der Waals surface area contributed by atoms with Gasteiger partial charge >= 0.3 is 0 Å². The van der Waals surface area contributed by atoms with Crippen LogP contribution in [0, 0.1) is 13.8 Å². The average Bonchev–Trinajstić information content (AvgIpc) is 2.15. The molecule has 0 aromatic heterocycles. The van der Waals surface area contributed by atoms with Gasteiger partial charge in [0.15, 0.2) is 0 Å². The minimum absolute atomic E-state index is 0.798. The molecular weight excluding hydrogens is 242 g/mol. The van der Waals surface area contributed by atoms with Crippen LogP contribution in [-0.2, 0) is 0 Å². The average molecular weight is 258 g/mol. The summed E-state index contributed by atoms with van der Waals surface area (Å²) in [7, 11) is 3.74. The Morgan fingerprint density at radius 1 is 1.36 bits per heavy atom. The van der Waals surface area contributed by atoms with Gasteiger partial charge in [-0.25, -0.2) is 0 Å². The lowest BCUT2D eigenvalue weighted by Crippen LogP contribution is -2.15. The second-order valence-corrected chi connectivity index (χ2v) is 3.95. The van der Waals surface area contributed by atoms with Gasteiger partial charge in [0.05, 0.1) is 18.3 Å². The maximum Gasteiger partial charge on any atom is 0.145 e. The predicted molar refractivity (Wildman–Crippen MR) is 64.7 cm³/mol. The minimum Gasteiger partial charge on any atom is -0.494 e. The quantitative estimate of drug-likeness (QED) is 0.610. The van der Waals surface area contributed by atoms with Crippen LogP contribution in [0.4, 0.5) is 5.69 Å². The van der Waals surface area contributed by atoms with Crippen LogP contribution >= 0.6 is 15.9 Å². The van der Waals surface area contributed by atoms with E-state index in [2.05, 4.69) is 46.8 Å². The third-order valence-electron chi connectivity index (χ3n) is 2.19. The zero-order valence-electron chi connectivity index (χ0n) is 9.10. The summed E-state index contributed by atoms with van der Waals surface area (Å²) in [5, 5.41) is 0. The standard InChI is InChI=1S/C11H16BrNO/c1-8-5-9(2)11(14-4)10(6-8)13(3)7-12/h5-6H,7H2,1-4H3. The first-order chi connectivity index (χ1) is 6.60. The van der Waals surface area contributed by atoms with E-state index in [0.717, 1.165) is 16.9 Å². The Kier molecular flexibility index (Phi) is 3.81. The molecule has 1 aromatic carbocycles. The fourth-order valence-electron chi connectivity index (χ4n) is 1.55. The van der Waals surface area contributed by atoms with Crippen molar-refractivity contribution in [1.82, 2.24) is 0 Å². The fraction of sp³-hybridized carbons (Fsp3) is 0.455. The summed E-state index contributed by atoms with van der Waals surface area (Å²) in [6.07, 6.45) is 0. The minimum atomic E-state index is 0.798. The molecule has 78 valence electrons. The van der Waals surface area contributed by atoms with Gasteiger partial charge in [-0.2, -0.15) is 0 Å². The number of nitrogens with zero attached hydrogens (tertiary/aromatic N) is 1. The van der Waals surface area contributed by atoms with Crippen LogP contribution in [0.25, 0.3) is 0 Å². The van der Waals surface area contributed by atoms with Gasteiger partial charge in [0.2, 0.25) is 0 Å². The van der Waals surface area contributed by atoms with Crippen molar-refractivity contribution >= 4 is 21.6 Å². The molecule has 1 rings (SSSR count). The van der Waals surface area contributed by atoms with Crippen LogP contribution in [0.3, 0.4) is 0 Å². The van der Waals surface area contributed by atoms with Gasteiger partial charge in [-0.05, 0) is 31.0 Å². The molecule has 0 atom stereocenters. The summed E-state index contributed by atoms with van der Waals surface area (Å²) in [5.74, 6) is 0.956. The van der Waals surface area contributed by atoms with Gasteiger partial charge < -0.3 is 9.64 Å². The number of halogens is 1. The molecule has 0 unspecified atom stereocenters. The molecule has 0 radical (unpaired) electrons. The van der Waals surface area contributed by atoms with Crippen LogP contribution in [0.1, 0.15) is 11.1 Å². The van der Waals surface area contributed by atoms with Crippen molar-refractivity contribution in [3.05, 3.63) is 23.3 Å². The summed E-state index contributed by atoms with van der Waals surface area (Å²) in [5.41, 5.74) is 4.36. The number of ether oxygens (including phenoxy) is 1. The molecule has 0 saturated carbocycles. The molecule has 0 heterocycles. The highest BCUT2D eigenvalue weighted by Gasteiger charge is 2.10. The Labute approximate surface area is 94.0 Å². The Balaban J connectivity index is 3.24. The summed E-state index contributed by atoms with van der Waals surface area (Å²) in [6, 6.07) is 4.26. The van der Waals surface area contributed by atoms with Crippen molar-refractivity contribution in [2.24, 2.45) is 0 Å². The number of methoxy groups -OCH3 is 1. The summed E-state index contributed by atoms with van der Waals surface area (Å²) >= 11 is 3.43. The molecule has 3 heteroatoms. The topological polar surface area (TPSA) is 12.5 Å². The van der Waals surface area contributed by atoms with Crippen molar-refractivity contribution in [3.63, 3.8) is 0 Å². The van der Waals surface area contributed by atoms with Crippen LogP contribution < -0.4 is 9.64 Å². The smallest absolute Gasteiger partial charge is 0.145 e. The van der Waals surface area contributed by atoms with Gasteiger partial charge in [-0.1, -0.05) is 22.0 Å². The first-order valence-corrected chi connectivity index (χ1v) is 5.64. The van der Waals surface area contributed by atoms with Crippen molar-refractivity contribution in [2.45, 2.75) is 13.8 Å². The van der Waals surface area contributed by atoms with E-state index >= 15 is 0 Å². The van der Waals surface area contributed by atoms with Gasteiger partial charge in [-0.15, -0.1) is 0 Å². The van der Waals surface area contributed by atoms with E-state index < -0.39 is 0 Å². The lowest BCUT2D eigenvalue weighted by atomic mass is 10.1. The lowest BCUT2D eigenvalue weighted by molar-refractivity contribution is 0.412. The number of hydrogen-bond acceptors (Lipinski definition) is 2. The summed E-state index contributed by atoms with van der Waals surface area (Å²) in [6.45, 7) is 4.16. The predicted octanol–water partition coefficient (Wildman–Crippen LogP) is 3.10. The number of aryl methyl sites for hydroxylation is 2. The van der Waals surface area contributed by atoms with E-state index in [9.17, 15) is 0 Å². The first-order valence-electron chi connectivity index (χ1n) is 4.52. The van der Waals surface area contributed by atoms with Crippen LogP contribution in [0.15, 0.2) is 12.1 Å². The highest BCUT2D eigenvalue weighted by Crippen LogP contribution is 2.32. The Morgan fingerprint density at radius 2 is 2.00 bits per heavy atom. The van der Waals surface area contributed by atoms with E-state index in [1.165, 1.54) is 11.1 Å². The second-order valence-electron chi connectivity index (χ2n) is 3.45. The van der Waals surface area contributed by atoms with E-state index in [-0.39, 0.29) is 0 Å². The highest BCUT2D eigenvalue weighted by atomic mass is 79.9. The number of anilines is 1. The van der Waals surface area contributed by atoms with Crippen molar-refractivity contribution in [2.75, 3.05) is 24.5 Å². The van der Waals surface area contributed by atoms with Crippen LogP contribution in [0.5, 0.6) is 5.75 Å². The largest absolute Gasteiger partial charge is 0.494 e. The normalized spacial score (nSPS) is 10.1. The number of rotatable bonds is 3. The maximum absolute atomic E-state index is 5.39. The molecule has 14 heavy (non-hydrogen) atoms. The third-order valence-corrected chi connectivity index (χ3v) is 2.95. The van der Waals surface area contributed by atoms with Crippen molar-refractivity contribution in [3.8, 4) is 5.75 Å². The lowest BCUT2D eigenvalue weighted by Gasteiger charge is -2.21. The molecule has 2 nitrogen and oxygen atoms in total. The zero-order chi connectivity index (χ0) is 10.7. The molecule has 0 aliphatic heterocycles. The van der Waals surface area contributed by atoms with Gasteiger partial charge in [0.25, 0.3) is 0 Å². The molecule has 0 spiro atoms. The number of benzene rings is 1. The Morgan fingerprint density at radius 3 is 2.50 bits per heavy atom. The van der Waals surface area contributed by atoms with Crippen LogP contribution in [-0.4, -0.2) is 19.6 Å². The number of alkyl halides is 1. The maximum atomic E-state index is 5.39. The van der Waals surface area contributed by atoms with Crippen molar-refractivity contribution < 1.29 is 4.74 Å². The first kappa shape index (κ1) is 11.4. The molecule has 0 aliphatic carbocycles. The van der Waals surface area contributed by atoms with Gasteiger partial charge in [-0.3, -0.25) is 0 Å². The Hall–Kier alpha value is -0.700. The molecule has 0 N–H and O–H groups in total. The highest BCUT2D eigenvalue weighted by molar-refractivity contribution is 9.09. The molecular formula is C11H16BrNO. The SMILES string of the molecule is COc1c(C)cc(C)cc1N(C)CBr. The molecule has 0 amide bonds. The molecule has 0 bridgehead atoms. The number of hydrogen-bond donors (Lipinski definition) is 0. The van der Waals surface area contributed by atoms with Gasteiger partial charge in [0.1, 0.15) is 5.75 Å². The van der Waals surface area contributed by atoms with Crippen molar-refractivity contribution in [1.29, 1.82) is 0 Å². The monoisotopic (exact) mass is 257 g/mol. The van der Waals surface area contributed by atoms with E-state index in [1.807, 2.05) is 7.05 Å². The molecule has 1 aromatic rings. The second kappa shape index (κ2) is 4.69. The summed E-state index contributed by atoms with van der Waals surface area (Å²) < 4.78 is 5.39. The van der Waals surface area contributed by atoms with E-state index in [4.69, 9.17) is 4.74 Å². The van der Waals surface area contributed by atoms with E-state index in [1.54, 1.807) is 7.11 Å². The Bertz CT molecular complexity index is 325. The van der Waals surface area contributed by atoms with Gasteiger partial charge in [0, 0.05) is 7.05 Å². The van der Waals surface area contributed by atoms with Crippen LogP contribution in [0.2, 0.25) is 0 Å². The molecule has 0 saturated heterocycles.